The van der Waals surface area contributed by atoms with Crippen molar-refractivity contribution in [3.8, 4) is 5.69 Å². The van der Waals surface area contributed by atoms with E-state index >= 15 is 0 Å². The van der Waals surface area contributed by atoms with Gasteiger partial charge in [0.2, 0.25) is 0 Å². The number of rotatable bonds is 5. The summed E-state index contributed by atoms with van der Waals surface area (Å²) in [7, 11) is -2.10. The van der Waals surface area contributed by atoms with Gasteiger partial charge in [-0.25, -0.2) is 9.07 Å². The predicted molar refractivity (Wildman–Crippen MR) is 126 cm³/mol. The number of sulfonamides is 1. The monoisotopic (exact) mass is 484 g/mol. The van der Waals surface area contributed by atoms with Crippen LogP contribution in [0.4, 0.5) is 10.1 Å². The number of carbonyl (C=O) groups is 1. The van der Waals surface area contributed by atoms with Gasteiger partial charge in [0.15, 0.2) is 5.69 Å². The molecule has 1 amide bonds. The highest BCUT2D eigenvalue weighted by Gasteiger charge is 2.21. The van der Waals surface area contributed by atoms with Gasteiger partial charge in [-0.1, -0.05) is 17.7 Å². The van der Waals surface area contributed by atoms with Gasteiger partial charge in [0.05, 0.1) is 16.3 Å². The van der Waals surface area contributed by atoms with Crippen molar-refractivity contribution in [3.05, 3.63) is 65.7 Å². The number of likely N-dealkylation sites (tertiary alicyclic amines) is 1. The van der Waals surface area contributed by atoms with Crippen molar-refractivity contribution >= 4 is 27.5 Å². The molecule has 3 aromatic rings. The van der Waals surface area contributed by atoms with Crippen molar-refractivity contribution in [3.63, 3.8) is 0 Å². The maximum absolute atomic E-state index is 13.2. The largest absolute Gasteiger partial charge is 0.362 e. The third kappa shape index (κ3) is 5.14. The fourth-order valence-corrected chi connectivity index (χ4v) is 4.87. The summed E-state index contributed by atoms with van der Waals surface area (Å²) in [4.78, 5) is 14.7. The molecule has 1 fully saturated rings. The van der Waals surface area contributed by atoms with E-state index in [1.807, 2.05) is 11.9 Å². The number of hydrogen-bond acceptors (Lipinski definition) is 5. The second-order valence-electron chi connectivity index (χ2n) is 8.11. The van der Waals surface area contributed by atoms with Crippen LogP contribution in [0.1, 0.15) is 41.9 Å². The first-order chi connectivity index (χ1) is 16.2. The molecule has 0 unspecified atom stereocenters. The minimum atomic E-state index is -3.94. The van der Waals surface area contributed by atoms with Crippen molar-refractivity contribution in [1.82, 2.24) is 19.9 Å². The average molecular weight is 485 g/mol. The molecule has 1 N–H and O–H groups in total. The van der Waals surface area contributed by atoms with Crippen LogP contribution in [0.5, 0.6) is 0 Å². The molecule has 0 aliphatic carbocycles. The van der Waals surface area contributed by atoms with Gasteiger partial charge < -0.3 is 10.2 Å². The summed E-state index contributed by atoms with van der Waals surface area (Å²) < 4.78 is 44.5. The van der Waals surface area contributed by atoms with Crippen molar-refractivity contribution in [2.45, 2.75) is 37.5 Å². The molecule has 0 spiro atoms. The number of hydrogen-bond donors (Lipinski definition) is 1. The lowest BCUT2D eigenvalue weighted by Gasteiger charge is -2.17. The molecule has 1 aliphatic rings. The number of halogens is 1. The first-order valence-electron chi connectivity index (χ1n) is 10.9. The summed E-state index contributed by atoms with van der Waals surface area (Å²) in [5.41, 5.74) is 1.37. The number of benzene rings is 2. The summed E-state index contributed by atoms with van der Waals surface area (Å²) in [5.74, 6) is -0.389. The third-order valence-corrected chi connectivity index (χ3v) is 6.93. The van der Waals surface area contributed by atoms with E-state index in [4.69, 9.17) is 0 Å². The average Bonchev–Trinajstić information content (AvgIpc) is 3.08. The Bertz CT molecular complexity index is 1330. The van der Waals surface area contributed by atoms with Crippen LogP contribution >= 0.6 is 0 Å². The van der Waals surface area contributed by atoms with Gasteiger partial charge in [0.1, 0.15) is 11.7 Å². The number of nitrogens with one attached hydrogen (secondary N) is 1. The van der Waals surface area contributed by atoms with Gasteiger partial charge in [-0.15, -0.1) is 9.50 Å². The molecule has 4 rings (SSSR count). The second kappa shape index (κ2) is 9.72. The van der Waals surface area contributed by atoms with E-state index in [2.05, 4.69) is 20.0 Å². The van der Waals surface area contributed by atoms with Crippen molar-refractivity contribution in [2.75, 3.05) is 18.9 Å². The van der Waals surface area contributed by atoms with Crippen LogP contribution < -0.4 is 5.32 Å². The van der Waals surface area contributed by atoms with Gasteiger partial charge in [0, 0.05) is 25.7 Å². The van der Waals surface area contributed by atoms with Crippen LogP contribution in [0, 0.1) is 12.7 Å². The van der Waals surface area contributed by atoms with E-state index in [0.29, 0.717) is 23.6 Å². The zero-order valence-electron chi connectivity index (χ0n) is 18.9. The molecular formula is C23H25FN6O3S. The zero-order chi connectivity index (χ0) is 24.3. The Labute approximate surface area is 197 Å². The Morgan fingerprint density at radius 2 is 1.88 bits per heavy atom. The normalized spacial score (nSPS) is 15.9. The fourth-order valence-electron chi connectivity index (χ4n) is 3.73. The van der Waals surface area contributed by atoms with E-state index in [1.165, 1.54) is 41.1 Å². The van der Waals surface area contributed by atoms with Gasteiger partial charge in [-0.2, -0.15) is 8.42 Å². The number of carbonyl (C=O) groups excluding carboxylic acids is 1. The Kier molecular flexibility index (Phi) is 6.73. The van der Waals surface area contributed by atoms with Crippen LogP contribution in [0.15, 0.2) is 57.8 Å². The van der Waals surface area contributed by atoms with Crippen molar-refractivity contribution in [2.24, 2.45) is 4.40 Å². The van der Waals surface area contributed by atoms with E-state index in [0.717, 1.165) is 25.8 Å². The molecule has 1 saturated heterocycles. The Morgan fingerprint density at radius 1 is 1.12 bits per heavy atom. The highest BCUT2D eigenvalue weighted by atomic mass is 32.2. The first kappa shape index (κ1) is 23.6. The molecule has 1 aromatic heterocycles. The van der Waals surface area contributed by atoms with Crippen LogP contribution in [-0.4, -0.2) is 53.6 Å². The van der Waals surface area contributed by atoms with Crippen LogP contribution in [-0.2, 0) is 10.0 Å². The van der Waals surface area contributed by atoms with Crippen molar-refractivity contribution in [1.29, 1.82) is 0 Å². The smallest absolute Gasteiger partial charge is 0.284 e. The molecule has 2 heterocycles. The molecule has 0 radical (unpaired) electrons. The van der Waals surface area contributed by atoms with Crippen LogP contribution in [0.3, 0.4) is 0 Å². The van der Waals surface area contributed by atoms with Crippen molar-refractivity contribution < 1.29 is 17.6 Å². The van der Waals surface area contributed by atoms with E-state index in [-0.39, 0.29) is 22.1 Å². The molecule has 2 aromatic carbocycles. The Hall–Kier alpha value is -3.60. The van der Waals surface area contributed by atoms with E-state index in [9.17, 15) is 17.6 Å². The quantitative estimate of drug-likeness (QED) is 0.593. The lowest BCUT2D eigenvalue weighted by molar-refractivity contribution is 0.102. The van der Waals surface area contributed by atoms with Gasteiger partial charge >= 0.3 is 0 Å². The standard InChI is InChI=1S/C23H25FN6O3S/c1-16-22(26-28-30(16)19-12-10-17(24)11-13-19)23(31)25-18-7-6-8-20(15-18)34(32,33)27-21-9-4-3-5-14-29(21)2/h6-8,10-13,15H,3-5,9,14H2,1-2H3,(H,25,31). The van der Waals surface area contributed by atoms with E-state index < -0.39 is 15.9 Å². The maximum atomic E-state index is 13.2. The summed E-state index contributed by atoms with van der Waals surface area (Å²) >= 11 is 0. The minimum absolute atomic E-state index is 0.0119. The maximum Gasteiger partial charge on any atom is 0.284 e. The molecule has 1 aliphatic heterocycles. The fraction of sp³-hybridized carbons (Fsp3) is 0.304. The summed E-state index contributed by atoms with van der Waals surface area (Å²) in [6, 6.07) is 11.6. The van der Waals surface area contributed by atoms with Gasteiger partial charge in [-0.3, -0.25) is 4.79 Å². The van der Waals surface area contributed by atoms with Crippen LogP contribution in [0.25, 0.3) is 5.69 Å². The van der Waals surface area contributed by atoms with Gasteiger partial charge in [0.25, 0.3) is 15.9 Å². The zero-order valence-corrected chi connectivity index (χ0v) is 19.7. The highest BCUT2D eigenvalue weighted by Crippen LogP contribution is 2.21. The molecule has 178 valence electrons. The number of nitrogens with zero attached hydrogens (tertiary/aromatic N) is 5. The summed E-state index contributed by atoms with van der Waals surface area (Å²) in [6.45, 7) is 2.43. The number of anilines is 1. The molecule has 0 atom stereocenters. The molecule has 0 bridgehead atoms. The lowest BCUT2D eigenvalue weighted by atomic mass is 10.2. The topological polar surface area (TPSA) is 110 Å². The second-order valence-corrected chi connectivity index (χ2v) is 9.71. The molecule has 0 saturated carbocycles. The SMILES string of the molecule is Cc1c(C(=O)Nc2cccc(S(=O)(=O)N=C3CCCCCN3C)c2)nnn1-c1ccc(F)cc1. The first-order valence-corrected chi connectivity index (χ1v) is 12.3. The number of aromatic nitrogens is 3. The lowest BCUT2D eigenvalue weighted by Crippen LogP contribution is -2.26. The molecule has 11 heteroatoms. The Balaban J connectivity index is 1.55. The molecule has 9 nitrogen and oxygen atoms in total. The third-order valence-electron chi connectivity index (χ3n) is 5.63. The molecule has 34 heavy (non-hydrogen) atoms. The van der Waals surface area contributed by atoms with Gasteiger partial charge in [-0.05, 0) is 62.2 Å². The summed E-state index contributed by atoms with van der Waals surface area (Å²) in [6.07, 6.45) is 3.54. The summed E-state index contributed by atoms with van der Waals surface area (Å²) in [5, 5.41) is 10.6. The number of amidine groups is 1. The predicted octanol–water partition coefficient (Wildman–Crippen LogP) is 3.56. The number of amides is 1. The van der Waals surface area contributed by atoms with E-state index in [1.54, 1.807) is 19.1 Å². The van der Waals surface area contributed by atoms with Crippen LogP contribution in [0.2, 0.25) is 0 Å². The highest BCUT2D eigenvalue weighted by molar-refractivity contribution is 7.90. The molecular weight excluding hydrogens is 459 g/mol. The minimum Gasteiger partial charge on any atom is -0.362 e. The Morgan fingerprint density at radius 3 is 2.65 bits per heavy atom.